The molecule has 0 saturated carbocycles. The Morgan fingerprint density at radius 1 is 0.923 bits per heavy atom. The van der Waals surface area contributed by atoms with Gasteiger partial charge in [0.2, 0.25) is 5.91 Å². The lowest BCUT2D eigenvalue weighted by Gasteiger charge is -2.31. The lowest BCUT2D eigenvalue weighted by atomic mass is 9.89. The van der Waals surface area contributed by atoms with Crippen LogP contribution in [0.2, 0.25) is 0 Å². The van der Waals surface area contributed by atoms with E-state index < -0.39 is 12.0 Å². The number of carbonyl (C=O) groups is 2. The molecule has 0 aliphatic heterocycles. The Kier molecular flexibility index (Phi) is 7.39. The van der Waals surface area contributed by atoms with Crippen LogP contribution in [0.4, 0.5) is 0 Å². The average molecular weight is 353 g/mol. The highest BCUT2D eigenvalue weighted by molar-refractivity contribution is 5.91. The zero-order chi connectivity index (χ0) is 18.9. The van der Waals surface area contributed by atoms with Crippen LogP contribution in [0.1, 0.15) is 44.2 Å². The minimum atomic E-state index is -0.614. The third-order valence-electron chi connectivity index (χ3n) is 4.36. The van der Waals surface area contributed by atoms with E-state index in [9.17, 15) is 9.59 Å². The molecule has 0 spiro atoms. The van der Waals surface area contributed by atoms with Crippen LogP contribution in [0.15, 0.2) is 60.7 Å². The van der Waals surface area contributed by atoms with Crippen LogP contribution in [0, 0.1) is 0 Å². The van der Waals surface area contributed by atoms with Crippen molar-refractivity contribution in [1.29, 1.82) is 0 Å². The Bertz CT molecular complexity index is 660. The van der Waals surface area contributed by atoms with Crippen molar-refractivity contribution in [3.63, 3.8) is 0 Å². The van der Waals surface area contributed by atoms with Gasteiger partial charge in [0.15, 0.2) is 0 Å². The van der Waals surface area contributed by atoms with E-state index in [0.29, 0.717) is 13.2 Å². The topological polar surface area (TPSA) is 46.6 Å². The standard InChI is InChI=1S/C22H27NO3/c1-4-16-23(17(3)22(25)26-5-2)21(24)20(18-12-8-6-9-13-18)19-14-10-7-11-15-19/h6-15,17,20H,4-5,16H2,1-3H3. The summed E-state index contributed by atoms with van der Waals surface area (Å²) in [5.41, 5.74) is 1.83. The summed E-state index contributed by atoms with van der Waals surface area (Å²) in [7, 11) is 0. The van der Waals surface area contributed by atoms with Crippen molar-refractivity contribution in [3.8, 4) is 0 Å². The molecule has 138 valence electrons. The fourth-order valence-electron chi connectivity index (χ4n) is 3.06. The zero-order valence-corrected chi connectivity index (χ0v) is 15.7. The molecule has 0 heterocycles. The van der Waals surface area contributed by atoms with Crippen molar-refractivity contribution in [2.24, 2.45) is 0 Å². The van der Waals surface area contributed by atoms with Gasteiger partial charge in [-0.2, -0.15) is 0 Å². The van der Waals surface area contributed by atoms with Crippen molar-refractivity contribution >= 4 is 11.9 Å². The quantitative estimate of drug-likeness (QED) is 0.674. The van der Waals surface area contributed by atoms with E-state index in [1.807, 2.05) is 67.6 Å². The van der Waals surface area contributed by atoms with Crippen LogP contribution in [0.3, 0.4) is 0 Å². The summed E-state index contributed by atoms with van der Waals surface area (Å²) >= 11 is 0. The summed E-state index contributed by atoms with van der Waals surface area (Å²) in [6, 6.07) is 18.8. The average Bonchev–Trinajstić information content (AvgIpc) is 2.67. The van der Waals surface area contributed by atoms with E-state index in [-0.39, 0.29) is 11.9 Å². The SMILES string of the molecule is CCCN(C(=O)C(c1ccccc1)c1ccccc1)C(C)C(=O)OCC. The van der Waals surface area contributed by atoms with Crippen molar-refractivity contribution in [2.45, 2.75) is 39.2 Å². The number of rotatable bonds is 8. The summed E-state index contributed by atoms with van der Waals surface area (Å²) in [6.07, 6.45) is 0.770. The number of esters is 1. The number of nitrogens with zero attached hydrogens (tertiary/aromatic N) is 1. The van der Waals surface area contributed by atoms with E-state index >= 15 is 0 Å². The summed E-state index contributed by atoms with van der Waals surface area (Å²) in [5, 5.41) is 0. The number of hydrogen-bond donors (Lipinski definition) is 0. The van der Waals surface area contributed by atoms with Crippen LogP contribution in [-0.2, 0) is 14.3 Å². The van der Waals surface area contributed by atoms with Gasteiger partial charge < -0.3 is 9.64 Å². The highest BCUT2D eigenvalue weighted by atomic mass is 16.5. The van der Waals surface area contributed by atoms with Gasteiger partial charge in [0.1, 0.15) is 6.04 Å². The molecule has 0 radical (unpaired) electrons. The predicted octanol–water partition coefficient (Wildman–Crippen LogP) is 4.01. The monoisotopic (exact) mass is 353 g/mol. The third kappa shape index (κ3) is 4.72. The van der Waals surface area contributed by atoms with Crippen LogP contribution in [0.5, 0.6) is 0 Å². The van der Waals surface area contributed by atoms with Gasteiger partial charge in [-0.1, -0.05) is 67.6 Å². The van der Waals surface area contributed by atoms with Gasteiger partial charge in [-0.05, 0) is 31.4 Å². The second kappa shape index (κ2) is 9.76. The molecular weight excluding hydrogens is 326 g/mol. The first kappa shape index (κ1) is 19.7. The minimum absolute atomic E-state index is 0.0789. The number of hydrogen-bond acceptors (Lipinski definition) is 3. The first-order valence-corrected chi connectivity index (χ1v) is 9.17. The molecule has 4 heteroatoms. The number of ether oxygens (including phenoxy) is 1. The fourth-order valence-corrected chi connectivity index (χ4v) is 3.06. The van der Waals surface area contributed by atoms with Crippen LogP contribution in [-0.4, -0.2) is 36.0 Å². The number of amides is 1. The van der Waals surface area contributed by atoms with Crippen molar-refractivity contribution in [1.82, 2.24) is 4.90 Å². The number of benzene rings is 2. The maximum absolute atomic E-state index is 13.5. The second-order valence-electron chi connectivity index (χ2n) is 6.21. The first-order valence-electron chi connectivity index (χ1n) is 9.17. The molecule has 2 aromatic carbocycles. The van der Waals surface area contributed by atoms with Gasteiger partial charge in [-0.25, -0.2) is 4.79 Å². The van der Waals surface area contributed by atoms with E-state index in [4.69, 9.17) is 4.74 Å². The Balaban J connectivity index is 2.41. The van der Waals surface area contributed by atoms with Crippen molar-refractivity contribution < 1.29 is 14.3 Å². The molecule has 0 aliphatic rings. The lowest BCUT2D eigenvalue weighted by Crippen LogP contribution is -2.46. The Hall–Kier alpha value is -2.62. The molecule has 1 amide bonds. The lowest BCUT2D eigenvalue weighted by molar-refractivity contribution is -0.154. The van der Waals surface area contributed by atoms with E-state index in [2.05, 4.69) is 0 Å². The molecule has 0 bridgehead atoms. The molecule has 1 atom stereocenters. The third-order valence-corrected chi connectivity index (χ3v) is 4.36. The highest BCUT2D eigenvalue weighted by Gasteiger charge is 2.33. The van der Waals surface area contributed by atoms with Gasteiger partial charge in [-0.3, -0.25) is 4.79 Å². The predicted molar refractivity (Wildman–Crippen MR) is 103 cm³/mol. The van der Waals surface area contributed by atoms with Crippen molar-refractivity contribution in [2.75, 3.05) is 13.2 Å². The summed E-state index contributed by atoms with van der Waals surface area (Å²) in [6.45, 7) is 6.32. The molecular formula is C22H27NO3. The zero-order valence-electron chi connectivity index (χ0n) is 15.7. The molecule has 0 fully saturated rings. The van der Waals surface area contributed by atoms with Gasteiger partial charge in [0, 0.05) is 6.54 Å². The van der Waals surface area contributed by atoms with Gasteiger partial charge in [0.05, 0.1) is 12.5 Å². The molecule has 0 aromatic heterocycles. The summed E-state index contributed by atoms with van der Waals surface area (Å²) in [5.74, 6) is -0.889. The molecule has 26 heavy (non-hydrogen) atoms. The molecule has 0 saturated heterocycles. The van der Waals surface area contributed by atoms with Crippen LogP contribution in [0.25, 0.3) is 0 Å². The van der Waals surface area contributed by atoms with E-state index in [1.165, 1.54) is 0 Å². The van der Waals surface area contributed by atoms with Gasteiger partial charge in [-0.15, -0.1) is 0 Å². The molecule has 2 rings (SSSR count). The molecule has 0 N–H and O–H groups in total. The Morgan fingerprint density at radius 3 is 1.85 bits per heavy atom. The Labute approximate surface area is 155 Å². The van der Waals surface area contributed by atoms with Gasteiger partial charge in [0.25, 0.3) is 0 Å². The Morgan fingerprint density at radius 2 is 1.42 bits per heavy atom. The fraction of sp³-hybridized carbons (Fsp3) is 0.364. The smallest absolute Gasteiger partial charge is 0.328 e. The first-order chi connectivity index (χ1) is 12.6. The largest absolute Gasteiger partial charge is 0.464 e. The van der Waals surface area contributed by atoms with Gasteiger partial charge >= 0.3 is 5.97 Å². The highest BCUT2D eigenvalue weighted by Crippen LogP contribution is 2.28. The van der Waals surface area contributed by atoms with E-state index in [0.717, 1.165) is 17.5 Å². The molecule has 4 nitrogen and oxygen atoms in total. The molecule has 2 aromatic rings. The molecule has 1 unspecified atom stereocenters. The van der Waals surface area contributed by atoms with Crippen molar-refractivity contribution in [3.05, 3.63) is 71.8 Å². The normalized spacial score (nSPS) is 11.8. The van der Waals surface area contributed by atoms with Crippen LogP contribution >= 0.6 is 0 Å². The van der Waals surface area contributed by atoms with E-state index in [1.54, 1.807) is 18.7 Å². The molecule has 0 aliphatic carbocycles. The maximum atomic E-state index is 13.5. The van der Waals surface area contributed by atoms with Crippen LogP contribution < -0.4 is 0 Å². The summed E-state index contributed by atoms with van der Waals surface area (Å²) in [4.78, 5) is 27.4. The summed E-state index contributed by atoms with van der Waals surface area (Å²) < 4.78 is 5.14. The second-order valence-corrected chi connectivity index (χ2v) is 6.21. The number of carbonyl (C=O) groups excluding carboxylic acids is 2. The maximum Gasteiger partial charge on any atom is 0.328 e. The minimum Gasteiger partial charge on any atom is -0.464 e.